The van der Waals surface area contributed by atoms with Gasteiger partial charge >= 0.3 is 0 Å². The Kier molecular flexibility index (Phi) is 2.50. The van der Waals surface area contributed by atoms with Crippen molar-refractivity contribution in [2.45, 2.75) is 45.1 Å². The van der Waals surface area contributed by atoms with Gasteiger partial charge in [-0.3, -0.25) is 0 Å². The van der Waals surface area contributed by atoms with Crippen LogP contribution < -0.4 is 5.32 Å². The van der Waals surface area contributed by atoms with Crippen LogP contribution in [0.5, 0.6) is 0 Å². The fourth-order valence-corrected chi connectivity index (χ4v) is 1.92. The summed E-state index contributed by atoms with van der Waals surface area (Å²) in [5, 5.41) is 3.53. The van der Waals surface area contributed by atoms with E-state index in [9.17, 15) is 0 Å². The van der Waals surface area contributed by atoms with Gasteiger partial charge in [0, 0.05) is 6.04 Å². The van der Waals surface area contributed by atoms with Crippen molar-refractivity contribution in [2.75, 3.05) is 6.54 Å². The van der Waals surface area contributed by atoms with Gasteiger partial charge in [-0.2, -0.15) is 0 Å². The van der Waals surface area contributed by atoms with Gasteiger partial charge in [0.25, 0.3) is 0 Å². The van der Waals surface area contributed by atoms with E-state index < -0.39 is 0 Å². The zero-order valence-corrected chi connectivity index (χ0v) is 7.97. The SMILES string of the molecule is C/C(=C\CC1CC1)C1CCCN1. The molecular weight excluding hydrogens is 146 g/mol. The monoisotopic (exact) mass is 165 g/mol. The lowest BCUT2D eigenvalue weighted by Crippen LogP contribution is -2.22. The van der Waals surface area contributed by atoms with Crippen LogP contribution in [-0.2, 0) is 0 Å². The van der Waals surface area contributed by atoms with Gasteiger partial charge in [-0.15, -0.1) is 0 Å². The molecule has 68 valence electrons. The Balaban J connectivity index is 1.79. The van der Waals surface area contributed by atoms with Crippen LogP contribution in [0.25, 0.3) is 0 Å². The Labute approximate surface area is 75.2 Å². The maximum Gasteiger partial charge on any atom is 0.0277 e. The van der Waals surface area contributed by atoms with E-state index in [1.54, 1.807) is 5.57 Å². The zero-order valence-electron chi connectivity index (χ0n) is 7.97. The van der Waals surface area contributed by atoms with Crippen molar-refractivity contribution in [2.24, 2.45) is 5.92 Å². The Morgan fingerprint density at radius 1 is 1.42 bits per heavy atom. The van der Waals surface area contributed by atoms with Gasteiger partial charge in [0.1, 0.15) is 0 Å². The van der Waals surface area contributed by atoms with Crippen LogP contribution in [-0.4, -0.2) is 12.6 Å². The molecule has 1 atom stereocenters. The number of allylic oxidation sites excluding steroid dienone is 1. The summed E-state index contributed by atoms with van der Waals surface area (Å²) in [7, 11) is 0. The molecule has 0 aromatic heterocycles. The van der Waals surface area contributed by atoms with Crippen molar-refractivity contribution in [1.29, 1.82) is 0 Å². The Morgan fingerprint density at radius 2 is 2.25 bits per heavy atom. The van der Waals surface area contributed by atoms with Crippen LogP contribution >= 0.6 is 0 Å². The van der Waals surface area contributed by atoms with E-state index in [4.69, 9.17) is 0 Å². The molecule has 0 radical (unpaired) electrons. The highest BCUT2D eigenvalue weighted by molar-refractivity contribution is 5.10. The summed E-state index contributed by atoms with van der Waals surface area (Å²) in [5.74, 6) is 1.04. The molecule has 1 unspecified atom stereocenters. The molecule has 0 amide bonds. The number of hydrogen-bond acceptors (Lipinski definition) is 1. The predicted octanol–water partition coefficient (Wildman–Crippen LogP) is 2.48. The summed E-state index contributed by atoms with van der Waals surface area (Å²) >= 11 is 0. The van der Waals surface area contributed by atoms with Gasteiger partial charge in [-0.05, 0) is 51.5 Å². The molecule has 1 saturated carbocycles. The average Bonchev–Trinajstić information content (AvgIpc) is 2.74. The molecule has 0 aromatic carbocycles. The maximum absolute atomic E-state index is 3.53. The van der Waals surface area contributed by atoms with Crippen LogP contribution in [0.15, 0.2) is 11.6 Å². The van der Waals surface area contributed by atoms with Crippen molar-refractivity contribution >= 4 is 0 Å². The smallest absolute Gasteiger partial charge is 0.0277 e. The summed E-state index contributed by atoms with van der Waals surface area (Å²) in [4.78, 5) is 0. The lowest BCUT2D eigenvalue weighted by atomic mass is 10.1. The molecule has 2 rings (SSSR count). The topological polar surface area (TPSA) is 12.0 Å². The van der Waals surface area contributed by atoms with Gasteiger partial charge in [0.15, 0.2) is 0 Å². The second-order valence-corrected chi connectivity index (χ2v) is 4.28. The van der Waals surface area contributed by atoms with Crippen LogP contribution in [0.3, 0.4) is 0 Å². The van der Waals surface area contributed by atoms with E-state index in [0.29, 0.717) is 6.04 Å². The molecule has 1 heterocycles. The van der Waals surface area contributed by atoms with Crippen molar-refractivity contribution in [3.63, 3.8) is 0 Å². The third-order valence-electron chi connectivity index (χ3n) is 3.08. The van der Waals surface area contributed by atoms with E-state index in [1.807, 2.05) is 0 Å². The first-order chi connectivity index (χ1) is 5.86. The zero-order chi connectivity index (χ0) is 8.39. The van der Waals surface area contributed by atoms with Crippen molar-refractivity contribution in [3.8, 4) is 0 Å². The average molecular weight is 165 g/mol. The van der Waals surface area contributed by atoms with Gasteiger partial charge < -0.3 is 5.32 Å². The fraction of sp³-hybridized carbons (Fsp3) is 0.818. The first-order valence-corrected chi connectivity index (χ1v) is 5.26. The first-order valence-electron chi connectivity index (χ1n) is 5.26. The largest absolute Gasteiger partial charge is 0.310 e. The highest BCUT2D eigenvalue weighted by Gasteiger charge is 2.20. The molecule has 0 bridgehead atoms. The third kappa shape index (κ3) is 2.10. The highest BCUT2D eigenvalue weighted by Crippen LogP contribution is 2.33. The molecular formula is C11H19N. The molecule has 1 aliphatic carbocycles. The Bertz CT molecular complexity index is 173. The van der Waals surface area contributed by atoms with Gasteiger partial charge in [-0.1, -0.05) is 11.6 Å². The predicted molar refractivity (Wildman–Crippen MR) is 52.1 cm³/mol. The standard InChI is InChI=1S/C11H19N/c1-9(4-5-10-6-7-10)11-3-2-8-12-11/h4,10-12H,2-3,5-8H2,1H3/b9-4+. The molecule has 2 fully saturated rings. The second-order valence-electron chi connectivity index (χ2n) is 4.28. The summed E-state index contributed by atoms with van der Waals surface area (Å²) in [6.07, 6.45) is 9.46. The molecule has 0 aromatic rings. The maximum atomic E-state index is 3.53. The first kappa shape index (κ1) is 8.31. The van der Waals surface area contributed by atoms with Gasteiger partial charge in [-0.25, -0.2) is 0 Å². The van der Waals surface area contributed by atoms with Gasteiger partial charge in [0.05, 0.1) is 0 Å². The van der Waals surface area contributed by atoms with E-state index >= 15 is 0 Å². The highest BCUT2D eigenvalue weighted by atomic mass is 14.9. The lowest BCUT2D eigenvalue weighted by molar-refractivity contribution is 0.681. The van der Waals surface area contributed by atoms with Crippen molar-refractivity contribution in [1.82, 2.24) is 5.32 Å². The molecule has 1 saturated heterocycles. The normalized spacial score (nSPS) is 31.1. The van der Waals surface area contributed by atoms with E-state index in [0.717, 1.165) is 5.92 Å². The van der Waals surface area contributed by atoms with Crippen LogP contribution in [0.4, 0.5) is 0 Å². The quantitative estimate of drug-likeness (QED) is 0.633. The van der Waals surface area contributed by atoms with Crippen molar-refractivity contribution < 1.29 is 0 Å². The third-order valence-corrected chi connectivity index (χ3v) is 3.08. The molecule has 0 spiro atoms. The molecule has 12 heavy (non-hydrogen) atoms. The van der Waals surface area contributed by atoms with E-state index in [1.165, 1.54) is 38.6 Å². The van der Waals surface area contributed by atoms with Crippen molar-refractivity contribution in [3.05, 3.63) is 11.6 Å². The minimum atomic E-state index is 0.712. The number of rotatable bonds is 3. The van der Waals surface area contributed by atoms with E-state index in [-0.39, 0.29) is 0 Å². The summed E-state index contributed by atoms with van der Waals surface area (Å²) in [6.45, 7) is 3.50. The van der Waals surface area contributed by atoms with Crippen LogP contribution in [0, 0.1) is 5.92 Å². The minimum Gasteiger partial charge on any atom is -0.310 e. The van der Waals surface area contributed by atoms with Crippen LogP contribution in [0.1, 0.15) is 39.0 Å². The fourth-order valence-electron chi connectivity index (χ4n) is 1.92. The van der Waals surface area contributed by atoms with Crippen LogP contribution in [0.2, 0.25) is 0 Å². The number of nitrogens with one attached hydrogen (secondary N) is 1. The lowest BCUT2D eigenvalue weighted by Gasteiger charge is -2.10. The molecule has 2 aliphatic rings. The molecule has 1 aliphatic heterocycles. The summed E-state index contributed by atoms with van der Waals surface area (Å²) < 4.78 is 0. The Hall–Kier alpha value is -0.300. The second kappa shape index (κ2) is 3.61. The number of hydrogen-bond donors (Lipinski definition) is 1. The molecule has 1 N–H and O–H groups in total. The van der Waals surface area contributed by atoms with Gasteiger partial charge in [0.2, 0.25) is 0 Å². The summed E-state index contributed by atoms with van der Waals surface area (Å²) in [5.41, 5.74) is 1.58. The minimum absolute atomic E-state index is 0.712. The molecule has 1 nitrogen and oxygen atoms in total. The summed E-state index contributed by atoms with van der Waals surface area (Å²) in [6, 6.07) is 0.712. The Morgan fingerprint density at radius 3 is 2.83 bits per heavy atom. The molecule has 1 heteroatoms. The van der Waals surface area contributed by atoms with E-state index in [2.05, 4.69) is 18.3 Å².